The maximum Gasteiger partial charge on any atom is 0.224 e. The van der Waals surface area contributed by atoms with Gasteiger partial charge in [-0.3, -0.25) is 4.79 Å². The molecule has 1 N–H and O–H groups in total. The summed E-state index contributed by atoms with van der Waals surface area (Å²) < 4.78 is 5.25. The number of hydrogen-bond acceptors (Lipinski definition) is 3. The van der Waals surface area contributed by atoms with Gasteiger partial charge in [0.25, 0.3) is 0 Å². The van der Waals surface area contributed by atoms with Crippen LogP contribution in [0.2, 0.25) is 5.02 Å². The zero-order valence-electron chi connectivity index (χ0n) is 12.5. The molecule has 21 heavy (non-hydrogen) atoms. The average Bonchev–Trinajstić information content (AvgIpc) is 2.50. The predicted molar refractivity (Wildman–Crippen MR) is 84.6 cm³/mol. The van der Waals surface area contributed by atoms with Crippen molar-refractivity contribution in [3.63, 3.8) is 0 Å². The molecule has 1 unspecified atom stereocenters. The van der Waals surface area contributed by atoms with Crippen molar-refractivity contribution in [1.82, 2.24) is 10.2 Å². The molecule has 5 heteroatoms. The fourth-order valence-electron chi connectivity index (χ4n) is 2.44. The first-order chi connectivity index (χ1) is 10.1. The van der Waals surface area contributed by atoms with Crippen LogP contribution < -0.4 is 5.32 Å². The molecule has 2 rings (SSSR count). The van der Waals surface area contributed by atoms with Gasteiger partial charge in [0, 0.05) is 37.1 Å². The molecule has 1 atom stereocenters. The maximum absolute atomic E-state index is 12.0. The van der Waals surface area contributed by atoms with Crippen LogP contribution >= 0.6 is 11.6 Å². The molecule has 1 heterocycles. The first-order valence-electron chi connectivity index (χ1n) is 7.48. The lowest BCUT2D eigenvalue weighted by atomic mass is 10.1. The Labute approximate surface area is 131 Å². The molecule has 1 aliphatic rings. The molecular formula is C16H23ClN2O2. The van der Waals surface area contributed by atoms with Crippen LogP contribution in [-0.2, 0) is 16.0 Å². The van der Waals surface area contributed by atoms with E-state index in [1.165, 1.54) is 5.56 Å². The van der Waals surface area contributed by atoms with Gasteiger partial charge >= 0.3 is 0 Å². The average molecular weight is 311 g/mol. The normalized spacial score (nSPS) is 16.8. The first kappa shape index (κ1) is 16.3. The van der Waals surface area contributed by atoms with Crippen molar-refractivity contribution in [3.05, 3.63) is 34.9 Å². The third kappa shape index (κ3) is 5.65. The van der Waals surface area contributed by atoms with Crippen molar-refractivity contribution in [1.29, 1.82) is 0 Å². The second-order valence-electron chi connectivity index (χ2n) is 5.43. The highest BCUT2D eigenvalue weighted by Gasteiger charge is 2.16. The number of halogens is 1. The van der Waals surface area contributed by atoms with Gasteiger partial charge in [-0.05, 0) is 31.0 Å². The topological polar surface area (TPSA) is 41.6 Å². The molecule has 1 aliphatic heterocycles. The molecule has 1 aromatic rings. The number of carbonyl (C=O) groups is 1. The number of morpholine rings is 1. The Kier molecular flexibility index (Phi) is 6.49. The van der Waals surface area contributed by atoms with Gasteiger partial charge in [0.2, 0.25) is 5.91 Å². The summed E-state index contributed by atoms with van der Waals surface area (Å²) in [7, 11) is 0. The van der Waals surface area contributed by atoms with Gasteiger partial charge in [-0.15, -0.1) is 0 Å². The minimum atomic E-state index is 0.212. The molecule has 0 radical (unpaired) electrons. The van der Waals surface area contributed by atoms with Crippen LogP contribution in [0.4, 0.5) is 0 Å². The molecule has 1 aromatic carbocycles. The van der Waals surface area contributed by atoms with Crippen molar-refractivity contribution in [2.75, 3.05) is 32.8 Å². The number of nitrogens with zero attached hydrogens (tertiary/aromatic N) is 1. The van der Waals surface area contributed by atoms with E-state index in [-0.39, 0.29) is 5.91 Å². The van der Waals surface area contributed by atoms with Crippen LogP contribution in [0, 0.1) is 0 Å². The van der Waals surface area contributed by atoms with E-state index >= 15 is 0 Å². The SMILES string of the molecule is CC(Cc1ccc(Cl)cc1)NCCC(=O)N1CCOCC1. The number of amides is 1. The predicted octanol–water partition coefficient (Wildman–Crippen LogP) is 2.11. The summed E-state index contributed by atoms with van der Waals surface area (Å²) in [5.41, 5.74) is 1.25. The first-order valence-corrected chi connectivity index (χ1v) is 7.86. The van der Waals surface area contributed by atoms with E-state index in [1.54, 1.807) is 0 Å². The number of nitrogens with one attached hydrogen (secondary N) is 1. The Bertz CT molecular complexity index is 444. The molecule has 116 valence electrons. The van der Waals surface area contributed by atoms with Crippen LogP contribution in [-0.4, -0.2) is 49.7 Å². The van der Waals surface area contributed by atoms with Gasteiger partial charge in [-0.2, -0.15) is 0 Å². The highest BCUT2D eigenvalue weighted by molar-refractivity contribution is 6.30. The van der Waals surface area contributed by atoms with E-state index < -0.39 is 0 Å². The minimum absolute atomic E-state index is 0.212. The molecule has 0 saturated carbocycles. The lowest BCUT2D eigenvalue weighted by molar-refractivity contribution is -0.135. The van der Waals surface area contributed by atoms with Gasteiger partial charge < -0.3 is 15.0 Å². The summed E-state index contributed by atoms with van der Waals surface area (Å²) in [5, 5.41) is 4.16. The molecule has 1 saturated heterocycles. The van der Waals surface area contributed by atoms with Crippen LogP contribution in [0.3, 0.4) is 0 Å². The Morgan fingerprint density at radius 1 is 1.33 bits per heavy atom. The molecule has 0 bridgehead atoms. The van der Waals surface area contributed by atoms with Gasteiger partial charge in [0.1, 0.15) is 0 Å². The van der Waals surface area contributed by atoms with Crippen molar-refractivity contribution < 1.29 is 9.53 Å². The van der Waals surface area contributed by atoms with Gasteiger partial charge in [-0.25, -0.2) is 0 Å². The Morgan fingerprint density at radius 2 is 2.00 bits per heavy atom. The number of benzene rings is 1. The quantitative estimate of drug-likeness (QED) is 0.875. The van der Waals surface area contributed by atoms with Gasteiger partial charge in [0.15, 0.2) is 0 Å². The molecule has 1 fully saturated rings. The van der Waals surface area contributed by atoms with E-state index in [2.05, 4.69) is 12.2 Å². The highest BCUT2D eigenvalue weighted by atomic mass is 35.5. The van der Waals surface area contributed by atoms with E-state index in [0.717, 1.165) is 24.5 Å². The van der Waals surface area contributed by atoms with E-state index in [4.69, 9.17) is 16.3 Å². The molecule has 0 spiro atoms. The molecule has 0 aliphatic carbocycles. The monoisotopic (exact) mass is 310 g/mol. The fraction of sp³-hybridized carbons (Fsp3) is 0.562. The minimum Gasteiger partial charge on any atom is -0.378 e. The Hall–Kier alpha value is -1.10. The molecule has 0 aromatic heterocycles. The van der Waals surface area contributed by atoms with E-state index in [9.17, 15) is 4.79 Å². The number of rotatable bonds is 6. The van der Waals surface area contributed by atoms with Crippen LogP contribution in [0.1, 0.15) is 18.9 Å². The lowest BCUT2D eigenvalue weighted by Crippen LogP contribution is -2.42. The Balaban J connectivity index is 1.65. The van der Waals surface area contributed by atoms with E-state index in [0.29, 0.717) is 32.2 Å². The smallest absolute Gasteiger partial charge is 0.224 e. The molecule has 1 amide bonds. The largest absolute Gasteiger partial charge is 0.378 e. The van der Waals surface area contributed by atoms with Crippen LogP contribution in [0.25, 0.3) is 0 Å². The summed E-state index contributed by atoms with van der Waals surface area (Å²) in [5.74, 6) is 0.212. The third-order valence-electron chi connectivity index (χ3n) is 3.65. The summed E-state index contributed by atoms with van der Waals surface area (Å²) in [6.07, 6.45) is 1.48. The summed E-state index contributed by atoms with van der Waals surface area (Å²) in [6, 6.07) is 8.24. The van der Waals surface area contributed by atoms with Crippen molar-refractivity contribution in [3.8, 4) is 0 Å². The summed E-state index contributed by atoms with van der Waals surface area (Å²) in [6.45, 7) is 5.61. The fourth-order valence-corrected chi connectivity index (χ4v) is 2.57. The van der Waals surface area contributed by atoms with E-state index in [1.807, 2.05) is 29.2 Å². The maximum atomic E-state index is 12.0. The van der Waals surface area contributed by atoms with Crippen molar-refractivity contribution in [2.24, 2.45) is 0 Å². The van der Waals surface area contributed by atoms with Gasteiger partial charge in [0.05, 0.1) is 13.2 Å². The second-order valence-corrected chi connectivity index (χ2v) is 5.87. The van der Waals surface area contributed by atoms with Crippen molar-refractivity contribution in [2.45, 2.75) is 25.8 Å². The number of ether oxygens (including phenoxy) is 1. The standard InChI is InChI=1S/C16H23ClN2O2/c1-13(12-14-2-4-15(17)5-3-14)18-7-6-16(20)19-8-10-21-11-9-19/h2-5,13,18H,6-12H2,1H3. The second kappa shape index (κ2) is 8.37. The highest BCUT2D eigenvalue weighted by Crippen LogP contribution is 2.11. The lowest BCUT2D eigenvalue weighted by Gasteiger charge is -2.27. The zero-order chi connectivity index (χ0) is 15.1. The number of hydrogen-bond donors (Lipinski definition) is 1. The third-order valence-corrected chi connectivity index (χ3v) is 3.90. The van der Waals surface area contributed by atoms with Crippen LogP contribution in [0.15, 0.2) is 24.3 Å². The molecule has 4 nitrogen and oxygen atoms in total. The summed E-state index contributed by atoms with van der Waals surface area (Å²) in [4.78, 5) is 13.9. The van der Waals surface area contributed by atoms with Gasteiger partial charge in [-0.1, -0.05) is 23.7 Å². The van der Waals surface area contributed by atoms with Crippen molar-refractivity contribution >= 4 is 17.5 Å². The summed E-state index contributed by atoms with van der Waals surface area (Å²) >= 11 is 5.87. The Morgan fingerprint density at radius 3 is 2.67 bits per heavy atom. The number of carbonyl (C=O) groups excluding carboxylic acids is 1. The molecular weight excluding hydrogens is 288 g/mol. The zero-order valence-corrected chi connectivity index (χ0v) is 13.2. The van der Waals surface area contributed by atoms with Crippen LogP contribution in [0.5, 0.6) is 0 Å².